The molecular formula is C21H20BrN3O. The zero-order valence-corrected chi connectivity index (χ0v) is 16.0. The third kappa shape index (κ3) is 4.49. The van der Waals surface area contributed by atoms with Crippen molar-refractivity contribution in [3.05, 3.63) is 95.2 Å². The van der Waals surface area contributed by atoms with E-state index in [0.717, 1.165) is 16.6 Å². The van der Waals surface area contributed by atoms with E-state index in [4.69, 9.17) is 0 Å². The fourth-order valence-corrected chi connectivity index (χ4v) is 3.01. The molecule has 0 N–H and O–H groups in total. The average molecular weight is 410 g/mol. The normalized spacial score (nSPS) is 10.5. The Labute approximate surface area is 161 Å². The van der Waals surface area contributed by atoms with Gasteiger partial charge in [0.05, 0.1) is 16.4 Å². The minimum atomic E-state index is 0.00836. The molecule has 0 aliphatic heterocycles. The molecule has 1 amide bonds. The molecule has 1 aromatic heterocycles. The van der Waals surface area contributed by atoms with Crippen LogP contribution in [0.15, 0.2) is 84.1 Å². The minimum absolute atomic E-state index is 0.00836. The summed E-state index contributed by atoms with van der Waals surface area (Å²) in [6.07, 6.45) is 6.19. The van der Waals surface area contributed by atoms with Crippen LogP contribution >= 0.6 is 15.9 Å². The lowest BCUT2D eigenvalue weighted by Gasteiger charge is -2.21. The fraction of sp³-hybridized carbons (Fsp3) is 0.143. The van der Waals surface area contributed by atoms with Crippen LogP contribution in [0.2, 0.25) is 0 Å². The van der Waals surface area contributed by atoms with Crippen molar-refractivity contribution in [2.45, 2.75) is 6.42 Å². The molecule has 0 spiro atoms. The molecular weight excluding hydrogens is 390 g/mol. The predicted molar refractivity (Wildman–Crippen MR) is 108 cm³/mol. The van der Waals surface area contributed by atoms with Crippen molar-refractivity contribution in [1.82, 2.24) is 14.7 Å². The van der Waals surface area contributed by atoms with Crippen molar-refractivity contribution in [2.24, 2.45) is 0 Å². The monoisotopic (exact) mass is 409 g/mol. The number of hydrogen-bond donors (Lipinski definition) is 0. The summed E-state index contributed by atoms with van der Waals surface area (Å²) in [5, 5.41) is 4.25. The third-order valence-electron chi connectivity index (χ3n) is 4.08. The number of carbonyl (C=O) groups excluding carboxylic acids is 1. The van der Waals surface area contributed by atoms with E-state index in [0.29, 0.717) is 18.7 Å². The zero-order valence-electron chi connectivity index (χ0n) is 14.4. The molecule has 0 unspecified atom stereocenters. The van der Waals surface area contributed by atoms with E-state index in [1.165, 1.54) is 5.56 Å². The molecule has 0 fully saturated rings. The van der Waals surface area contributed by atoms with Gasteiger partial charge in [0.1, 0.15) is 0 Å². The first-order valence-electron chi connectivity index (χ1n) is 8.42. The molecule has 4 nitrogen and oxygen atoms in total. The van der Waals surface area contributed by atoms with Crippen LogP contribution in [0.5, 0.6) is 0 Å². The van der Waals surface area contributed by atoms with Gasteiger partial charge in [0.2, 0.25) is 0 Å². The van der Waals surface area contributed by atoms with Crippen LogP contribution in [0.25, 0.3) is 5.69 Å². The molecule has 0 atom stereocenters. The Hall–Kier alpha value is -2.66. The Balaban J connectivity index is 1.71. The molecule has 0 bridgehead atoms. The summed E-state index contributed by atoms with van der Waals surface area (Å²) in [4.78, 5) is 14.7. The highest BCUT2D eigenvalue weighted by Crippen LogP contribution is 2.15. The number of aromatic nitrogens is 2. The summed E-state index contributed by atoms with van der Waals surface area (Å²) >= 11 is 3.39. The van der Waals surface area contributed by atoms with Gasteiger partial charge < -0.3 is 4.90 Å². The highest BCUT2D eigenvalue weighted by Gasteiger charge is 2.14. The van der Waals surface area contributed by atoms with Crippen LogP contribution in [0.4, 0.5) is 0 Å². The van der Waals surface area contributed by atoms with Crippen LogP contribution in [0.3, 0.4) is 0 Å². The summed E-state index contributed by atoms with van der Waals surface area (Å²) in [6.45, 7) is 4.96. The largest absolute Gasteiger partial charge is 0.335 e. The van der Waals surface area contributed by atoms with Crippen LogP contribution in [0, 0.1) is 0 Å². The highest BCUT2D eigenvalue weighted by molar-refractivity contribution is 9.10. The lowest BCUT2D eigenvalue weighted by atomic mass is 10.1. The number of halogens is 1. The molecule has 0 saturated heterocycles. The van der Waals surface area contributed by atoms with Gasteiger partial charge in [-0.3, -0.25) is 4.79 Å². The van der Waals surface area contributed by atoms with Crippen LogP contribution in [-0.2, 0) is 6.42 Å². The second-order valence-corrected chi connectivity index (χ2v) is 6.84. The lowest BCUT2D eigenvalue weighted by Crippen LogP contribution is -2.33. The molecule has 5 heteroatoms. The predicted octanol–water partition coefficient (Wildman–Crippen LogP) is 4.51. The fourth-order valence-electron chi connectivity index (χ4n) is 2.72. The van der Waals surface area contributed by atoms with Gasteiger partial charge in [0, 0.05) is 24.8 Å². The Kier molecular flexibility index (Phi) is 6.02. The number of rotatable bonds is 7. The maximum Gasteiger partial charge on any atom is 0.254 e. The van der Waals surface area contributed by atoms with Crippen molar-refractivity contribution >= 4 is 21.8 Å². The van der Waals surface area contributed by atoms with Gasteiger partial charge in [-0.1, -0.05) is 36.4 Å². The molecule has 0 radical (unpaired) electrons. The number of carbonyl (C=O) groups is 1. The van der Waals surface area contributed by atoms with E-state index in [1.54, 1.807) is 17.0 Å². The summed E-state index contributed by atoms with van der Waals surface area (Å²) in [5.41, 5.74) is 2.79. The Morgan fingerprint density at radius 1 is 1.15 bits per heavy atom. The molecule has 1 heterocycles. The van der Waals surface area contributed by atoms with Crippen LogP contribution in [0.1, 0.15) is 15.9 Å². The van der Waals surface area contributed by atoms with Gasteiger partial charge >= 0.3 is 0 Å². The molecule has 0 aliphatic rings. The molecule has 0 aliphatic carbocycles. The van der Waals surface area contributed by atoms with E-state index in [1.807, 2.05) is 53.6 Å². The van der Waals surface area contributed by atoms with Gasteiger partial charge in [-0.2, -0.15) is 5.10 Å². The zero-order chi connectivity index (χ0) is 18.4. The van der Waals surface area contributed by atoms with E-state index in [-0.39, 0.29) is 5.91 Å². The lowest BCUT2D eigenvalue weighted by molar-refractivity contribution is 0.0775. The molecule has 26 heavy (non-hydrogen) atoms. The average Bonchev–Trinajstić information content (AvgIpc) is 3.12. The van der Waals surface area contributed by atoms with Crippen LogP contribution < -0.4 is 0 Å². The van der Waals surface area contributed by atoms with Crippen molar-refractivity contribution in [1.29, 1.82) is 0 Å². The van der Waals surface area contributed by atoms with Gasteiger partial charge in [0.25, 0.3) is 5.91 Å². The molecule has 2 aromatic carbocycles. The van der Waals surface area contributed by atoms with Crippen molar-refractivity contribution < 1.29 is 4.79 Å². The number of amides is 1. The molecule has 3 rings (SSSR count). The third-order valence-corrected chi connectivity index (χ3v) is 4.49. The number of benzene rings is 2. The Bertz CT molecular complexity index is 872. The summed E-state index contributed by atoms with van der Waals surface area (Å²) in [6, 6.07) is 17.7. The Morgan fingerprint density at radius 3 is 2.50 bits per heavy atom. The Morgan fingerprint density at radius 2 is 1.88 bits per heavy atom. The highest BCUT2D eigenvalue weighted by atomic mass is 79.9. The topological polar surface area (TPSA) is 38.1 Å². The van der Waals surface area contributed by atoms with Crippen LogP contribution in [-0.4, -0.2) is 33.7 Å². The molecule has 132 valence electrons. The smallest absolute Gasteiger partial charge is 0.254 e. The first-order chi connectivity index (χ1) is 12.7. The SMILES string of the molecule is C=CCN(CCc1ccccc1)C(=O)c1ccc(-n2cc(Br)cn2)cc1. The van der Waals surface area contributed by atoms with E-state index >= 15 is 0 Å². The minimum Gasteiger partial charge on any atom is -0.335 e. The second kappa shape index (κ2) is 8.63. The first-order valence-corrected chi connectivity index (χ1v) is 9.21. The van der Waals surface area contributed by atoms with Gasteiger partial charge in [-0.15, -0.1) is 6.58 Å². The first kappa shape index (κ1) is 18.1. The number of nitrogens with zero attached hydrogens (tertiary/aromatic N) is 3. The van der Waals surface area contributed by atoms with E-state index in [9.17, 15) is 4.79 Å². The summed E-state index contributed by atoms with van der Waals surface area (Å²) in [5.74, 6) is 0.00836. The summed E-state index contributed by atoms with van der Waals surface area (Å²) in [7, 11) is 0. The maximum atomic E-state index is 12.9. The van der Waals surface area contributed by atoms with Gasteiger partial charge in [-0.25, -0.2) is 4.68 Å². The maximum absolute atomic E-state index is 12.9. The summed E-state index contributed by atoms with van der Waals surface area (Å²) < 4.78 is 2.67. The molecule has 0 saturated carbocycles. The standard InChI is InChI=1S/C21H20BrN3O/c1-2-13-24(14-12-17-6-4-3-5-7-17)21(26)18-8-10-20(11-9-18)25-16-19(22)15-23-25/h2-11,15-16H,1,12-14H2. The van der Waals surface area contributed by atoms with E-state index in [2.05, 4.69) is 39.7 Å². The van der Waals surface area contributed by atoms with E-state index < -0.39 is 0 Å². The van der Waals surface area contributed by atoms with Gasteiger partial charge in [0.15, 0.2) is 0 Å². The van der Waals surface area contributed by atoms with Gasteiger partial charge in [-0.05, 0) is 52.2 Å². The number of hydrogen-bond acceptors (Lipinski definition) is 2. The van der Waals surface area contributed by atoms with Crippen molar-refractivity contribution in [3.63, 3.8) is 0 Å². The molecule has 3 aromatic rings. The quantitative estimate of drug-likeness (QED) is 0.538. The van der Waals surface area contributed by atoms with Crippen molar-refractivity contribution in [3.8, 4) is 5.69 Å². The van der Waals surface area contributed by atoms with Crippen molar-refractivity contribution in [2.75, 3.05) is 13.1 Å². The second-order valence-electron chi connectivity index (χ2n) is 5.93.